The topological polar surface area (TPSA) is 40.5 Å². The molecule has 0 radical (unpaired) electrons. The molecule has 0 aliphatic heterocycles. The maximum atomic E-state index is 11.8. The number of carbonyl (C=O) groups is 1. The van der Waals surface area contributed by atoms with Crippen LogP contribution in [0.4, 0.5) is 8.78 Å². The third-order valence-corrected chi connectivity index (χ3v) is 1.64. The van der Waals surface area contributed by atoms with E-state index in [1.54, 1.807) is 0 Å². The lowest BCUT2D eigenvalue weighted by molar-refractivity contribution is -0.131. The van der Waals surface area contributed by atoms with Crippen LogP contribution in [0.1, 0.15) is 19.3 Å². The largest absolute Gasteiger partial charge is 0.396 e. The highest BCUT2D eigenvalue weighted by atomic mass is 19.3. The first-order valence-electron chi connectivity index (χ1n) is 4.21. The van der Waals surface area contributed by atoms with Gasteiger partial charge in [-0.25, -0.2) is 8.78 Å². The molecule has 0 atom stereocenters. The van der Waals surface area contributed by atoms with Gasteiger partial charge in [0.25, 0.3) is 6.43 Å². The Balaban J connectivity index is 3.57. The quantitative estimate of drug-likeness (QED) is 0.639. The van der Waals surface area contributed by atoms with Crippen LogP contribution in [0.2, 0.25) is 0 Å². The van der Waals surface area contributed by atoms with Gasteiger partial charge in [0, 0.05) is 20.1 Å². The summed E-state index contributed by atoms with van der Waals surface area (Å²) < 4.78 is 23.6. The first-order valence-corrected chi connectivity index (χ1v) is 4.21. The van der Waals surface area contributed by atoms with Crippen LogP contribution in [0, 0.1) is 0 Å². The fraction of sp³-hybridized carbons (Fsp3) is 0.875. The number of hydrogen-bond acceptors (Lipinski definition) is 2. The highest BCUT2D eigenvalue weighted by molar-refractivity contribution is 5.75. The average Bonchev–Trinajstić information content (AvgIpc) is 2.03. The van der Waals surface area contributed by atoms with Gasteiger partial charge in [-0.2, -0.15) is 0 Å². The van der Waals surface area contributed by atoms with Gasteiger partial charge in [-0.15, -0.1) is 0 Å². The van der Waals surface area contributed by atoms with Crippen molar-refractivity contribution in [2.24, 2.45) is 0 Å². The van der Waals surface area contributed by atoms with Crippen molar-refractivity contribution in [1.29, 1.82) is 0 Å². The number of hydrogen-bond donors (Lipinski definition) is 1. The van der Waals surface area contributed by atoms with E-state index in [-0.39, 0.29) is 18.9 Å². The van der Waals surface area contributed by atoms with Crippen molar-refractivity contribution in [1.82, 2.24) is 4.90 Å². The van der Waals surface area contributed by atoms with Gasteiger partial charge < -0.3 is 10.0 Å². The fourth-order valence-electron chi connectivity index (χ4n) is 0.888. The Morgan fingerprint density at radius 3 is 2.54 bits per heavy atom. The molecule has 5 heteroatoms. The molecule has 0 heterocycles. The lowest BCUT2D eigenvalue weighted by Crippen LogP contribution is -2.31. The molecule has 0 aliphatic carbocycles. The summed E-state index contributed by atoms with van der Waals surface area (Å²) in [5, 5.41) is 8.42. The normalized spacial score (nSPS) is 10.5. The molecule has 0 aromatic rings. The highest BCUT2D eigenvalue weighted by Crippen LogP contribution is 2.01. The summed E-state index contributed by atoms with van der Waals surface area (Å²) in [6.45, 7) is -0.482. The molecule has 0 aliphatic rings. The second-order valence-electron chi connectivity index (χ2n) is 2.85. The molecule has 0 aromatic heterocycles. The van der Waals surface area contributed by atoms with Gasteiger partial charge in [-0.05, 0) is 12.8 Å². The van der Waals surface area contributed by atoms with Crippen LogP contribution >= 0.6 is 0 Å². The van der Waals surface area contributed by atoms with Crippen LogP contribution in [-0.2, 0) is 4.79 Å². The lowest BCUT2D eigenvalue weighted by atomic mass is 10.2. The van der Waals surface area contributed by atoms with Crippen LogP contribution in [0.25, 0.3) is 0 Å². The molecule has 0 unspecified atom stereocenters. The summed E-state index contributed by atoms with van der Waals surface area (Å²) in [6.07, 6.45) is -1.17. The van der Waals surface area contributed by atoms with Crippen LogP contribution in [0.5, 0.6) is 0 Å². The number of aliphatic hydroxyl groups is 1. The number of rotatable bonds is 6. The predicted molar refractivity (Wildman–Crippen MR) is 44.6 cm³/mol. The molecular weight excluding hydrogens is 180 g/mol. The van der Waals surface area contributed by atoms with Gasteiger partial charge in [0.15, 0.2) is 0 Å². The van der Waals surface area contributed by atoms with E-state index >= 15 is 0 Å². The van der Waals surface area contributed by atoms with Crippen molar-refractivity contribution in [3.63, 3.8) is 0 Å². The highest BCUT2D eigenvalue weighted by Gasteiger charge is 2.12. The van der Waals surface area contributed by atoms with Crippen LogP contribution in [0.15, 0.2) is 0 Å². The molecule has 0 rings (SSSR count). The van der Waals surface area contributed by atoms with Crippen molar-refractivity contribution >= 4 is 5.91 Å². The number of aliphatic hydroxyl groups excluding tert-OH is 1. The SMILES string of the molecule is CN(CC(F)F)C(=O)CCCCO. The van der Waals surface area contributed by atoms with Crippen LogP contribution in [-0.4, -0.2) is 42.5 Å². The molecule has 1 N–H and O–H groups in total. The fourth-order valence-corrected chi connectivity index (χ4v) is 0.888. The van der Waals surface area contributed by atoms with Gasteiger partial charge in [-0.3, -0.25) is 4.79 Å². The first kappa shape index (κ1) is 12.3. The molecule has 3 nitrogen and oxygen atoms in total. The van der Waals surface area contributed by atoms with Gasteiger partial charge in [0.1, 0.15) is 0 Å². The average molecular weight is 195 g/mol. The second-order valence-corrected chi connectivity index (χ2v) is 2.85. The Morgan fingerprint density at radius 2 is 2.08 bits per heavy atom. The van der Waals surface area contributed by atoms with Crippen LogP contribution in [0.3, 0.4) is 0 Å². The second kappa shape index (κ2) is 6.77. The maximum absolute atomic E-state index is 11.8. The molecule has 13 heavy (non-hydrogen) atoms. The van der Waals surface area contributed by atoms with E-state index in [9.17, 15) is 13.6 Å². The molecule has 0 bridgehead atoms. The first-order chi connectivity index (χ1) is 6.07. The zero-order valence-corrected chi connectivity index (χ0v) is 7.67. The van der Waals surface area contributed by atoms with Crippen molar-refractivity contribution in [3.8, 4) is 0 Å². The molecule has 1 amide bonds. The summed E-state index contributed by atoms with van der Waals surface area (Å²) in [6, 6.07) is 0. The van der Waals surface area contributed by atoms with Crippen LogP contribution < -0.4 is 0 Å². The smallest absolute Gasteiger partial charge is 0.255 e. The van der Waals surface area contributed by atoms with E-state index in [4.69, 9.17) is 5.11 Å². The Hall–Kier alpha value is -0.710. The summed E-state index contributed by atoms with van der Waals surface area (Å²) in [5.74, 6) is -0.297. The minimum Gasteiger partial charge on any atom is -0.396 e. The van der Waals surface area contributed by atoms with E-state index < -0.39 is 13.0 Å². The summed E-state index contributed by atoms with van der Waals surface area (Å²) in [4.78, 5) is 12.1. The van der Waals surface area contributed by atoms with Gasteiger partial charge in [0.2, 0.25) is 5.91 Å². The number of amides is 1. The lowest BCUT2D eigenvalue weighted by Gasteiger charge is -2.15. The van der Waals surface area contributed by atoms with Crippen molar-refractivity contribution in [3.05, 3.63) is 0 Å². The summed E-state index contributed by atoms with van der Waals surface area (Å²) in [5.41, 5.74) is 0. The third-order valence-electron chi connectivity index (χ3n) is 1.64. The van der Waals surface area contributed by atoms with Crippen molar-refractivity contribution in [2.75, 3.05) is 20.2 Å². The maximum Gasteiger partial charge on any atom is 0.255 e. The minimum absolute atomic E-state index is 0.0336. The minimum atomic E-state index is -2.48. The Morgan fingerprint density at radius 1 is 1.46 bits per heavy atom. The van der Waals surface area contributed by atoms with Gasteiger partial charge in [-0.1, -0.05) is 0 Å². The van der Waals surface area contributed by atoms with Crippen molar-refractivity contribution < 1.29 is 18.7 Å². The third kappa shape index (κ3) is 6.45. The zero-order valence-electron chi connectivity index (χ0n) is 7.67. The van der Waals surface area contributed by atoms with E-state index in [1.165, 1.54) is 7.05 Å². The van der Waals surface area contributed by atoms with Gasteiger partial charge >= 0.3 is 0 Å². The number of alkyl halides is 2. The van der Waals surface area contributed by atoms with Gasteiger partial charge in [0.05, 0.1) is 6.54 Å². The molecule has 0 aromatic carbocycles. The van der Waals surface area contributed by atoms with E-state index in [0.717, 1.165) is 4.90 Å². The molecule has 0 spiro atoms. The summed E-state index contributed by atoms with van der Waals surface area (Å²) >= 11 is 0. The molecule has 0 saturated carbocycles. The number of carbonyl (C=O) groups excluding carboxylic acids is 1. The van der Waals surface area contributed by atoms with E-state index in [1.807, 2.05) is 0 Å². The molecule has 0 fully saturated rings. The van der Waals surface area contributed by atoms with E-state index in [2.05, 4.69) is 0 Å². The number of nitrogens with zero attached hydrogens (tertiary/aromatic N) is 1. The molecular formula is C8H15F2NO2. The monoisotopic (exact) mass is 195 g/mol. The Bertz CT molecular complexity index is 153. The molecule has 0 saturated heterocycles. The van der Waals surface area contributed by atoms with E-state index in [0.29, 0.717) is 12.8 Å². The van der Waals surface area contributed by atoms with Crippen molar-refractivity contribution in [2.45, 2.75) is 25.7 Å². The zero-order chi connectivity index (χ0) is 10.3. The Kier molecular flexibility index (Phi) is 6.40. The number of halogens is 2. The molecule has 78 valence electrons. The summed E-state index contributed by atoms with van der Waals surface area (Å²) in [7, 11) is 1.35. The predicted octanol–water partition coefficient (Wildman–Crippen LogP) is 0.872. The number of unbranched alkanes of at least 4 members (excludes halogenated alkanes) is 1. The standard InChI is InChI=1S/C8H15F2NO2/c1-11(6-7(9)10)8(13)4-2-3-5-12/h7,12H,2-6H2,1H3. The Labute approximate surface area is 76.3 Å².